The average molecular weight is 790 g/mol. The Labute approximate surface area is 356 Å². The van der Waals surface area contributed by atoms with Crippen molar-refractivity contribution in [2.45, 2.75) is 0 Å². The van der Waals surface area contributed by atoms with Crippen LogP contribution in [0, 0.1) is 22.7 Å². The van der Waals surface area contributed by atoms with E-state index in [2.05, 4.69) is 48.5 Å². The van der Waals surface area contributed by atoms with Gasteiger partial charge in [-0.2, -0.15) is 10.5 Å². The molecule has 0 saturated heterocycles. The van der Waals surface area contributed by atoms with E-state index < -0.39 is 0 Å². The number of nitriles is 2. The normalized spacial score (nSPS) is 11.2. The fraction of sp³-hybridized carbons (Fsp3) is 0. The summed E-state index contributed by atoms with van der Waals surface area (Å²) in [5.41, 5.74) is 13.8. The molecular weight excluding hydrogens is 759 g/mol. The number of hydrogen-bond donors (Lipinski definition) is 0. The van der Waals surface area contributed by atoms with E-state index in [1.807, 2.05) is 152 Å². The first-order valence-electron chi connectivity index (χ1n) is 20.2. The lowest BCUT2D eigenvalue weighted by Crippen LogP contribution is -1.98. The number of pyridine rings is 5. The van der Waals surface area contributed by atoms with Gasteiger partial charge in [0.25, 0.3) is 0 Å². The average Bonchev–Trinajstić information content (AvgIpc) is 3.35. The van der Waals surface area contributed by atoms with E-state index in [1.165, 1.54) is 0 Å². The van der Waals surface area contributed by atoms with Gasteiger partial charge in [-0.3, -0.25) is 0 Å². The monoisotopic (exact) mass is 789 g/mol. The topological polar surface area (TPSA) is 112 Å². The van der Waals surface area contributed by atoms with E-state index in [0.29, 0.717) is 33.5 Å². The van der Waals surface area contributed by atoms with Crippen LogP contribution in [-0.2, 0) is 0 Å². The van der Waals surface area contributed by atoms with Gasteiger partial charge in [-0.05, 0) is 58.7 Å². The molecule has 0 saturated carbocycles. The lowest BCUT2D eigenvalue weighted by atomic mass is 9.95. The summed E-state index contributed by atoms with van der Waals surface area (Å²) in [5, 5.41) is 23.9. The maximum atomic E-state index is 10.2. The summed E-state index contributed by atoms with van der Waals surface area (Å²) in [4.78, 5) is 25.8. The first kappa shape index (κ1) is 36.2. The minimum Gasteiger partial charge on any atom is -0.248 e. The quantitative estimate of drug-likeness (QED) is 0.154. The molecule has 286 valence electrons. The summed E-state index contributed by atoms with van der Waals surface area (Å²) in [6, 6.07) is 67.2. The standard InChI is InChI=1S/C55H31N7/c56-32-38-28-44(34-14-5-1-6-15-34)40-24-26-42-46(30-50(36-18-9-3-10-19-36)61-54(42)52(40)58-38)48-22-13-23-49(60-48)47-31-51(37-20-11-4-12-21-37)62-55-43(47)27-25-41-45(35-16-7-2-8-17-35)29-39(33-57)59-53(41)55/h1-31H. The van der Waals surface area contributed by atoms with Crippen molar-refractivity contribution in [1.29, 1.82) is 10.5 Å². The molecule has 0 spiro atoms. The van der Waals surface area contributed by atoms with Crippen molar-refractivity contribution in [2.75, 3.05) is 0 Å². The third kappa shape index (κ3) is 6.26. The van der Waals surface area contributed by atoms with Crippen LogP contribution in [0.5, 0.6) is 0 Å². The maximum Gasteiger partial charge on any atom is 0.141 e. The molecule has 0 N–H and O–H groups in total. The van der Waals surface area contributed by atoms with Gasteiger partial charge in [-0.1, -0.05) is 152 Å². The second kappa shape index (κ2) is 15.0. The van der Waals surface area contributed by atoms with Crippen LogP contribution >= 0.6 is 0 Å². The lowest BCUT2D eigenvalue weighted by molar-refractivity contribution is 1.30. The summed E-state index contributed by atoms with van der Waals surface area (Å²) in [7, 11) is 0. The number of hydrogen-bond acceptors (Lipinski definition) is 7. The highest BCUT2D eigenvalue weighted by atomic mass is 14.8. The summed E-state index contributed by atoms with van der Waals surface area (Å²) < 4.78 is 0. The van der Waals surface area contributed by atoms with Gasteiger partial charge in [0, 0.05) is 43.8 Å². The molecule has 0 aliphatic rings. The summed E-state index contributed by atoms with van der Waals surface area (Å²) in [6.45, 7) is 0. The molecule has 7 nitrogen and oxygen atoms in total. The third-order valence-electron chi connectivity index (χ3n) is 11.4. The summed E-state index contributed by atoms with van der Waals surface area (Å²) >= 11 is 0. The van der Waals surface area contributed by atoms with Crippen molar-refractivity contribution in [1.82, 2.24) is 24.9 Å². The fourth-order valence-electron chi connectivity index (χ4n) is 8.45. The smallest absolute Gasteiger partial charge is 0.141 e. The highest BCUT2D eigenvalue weighted by Gasteiger charge is 2.20. The molecule has 0 atom stereocenters. The number of nitrogens with zero attached hydrogens (tertiary/aromatic N) is 7. The SMILES string of the molecule is N#Cc1cc(-c2ccccc2)c2ccc3c(-c4cccc(-c5cc(-c6ccccc6)nc6c5ccc5c(-c7ccccc7)cc(C#N)nc56)n4)cc(-c4ccccc4)nc3c2n1. The molecule has 0 radical (unpaired) electrons. The van der Waals surface area contributed by atoms with Gasteiger partial charge in [0.15, 0.2) is 0 Å². The van der Waals surface area contributed by atoms with Crippen molar-refractivity contribution < 1.29 is 0 Å². The predicted octanol–water partition coefficient (Wildman–Crippen LogP) is 13.0. The van der Waals surface area contributed by atoms with Gasteiger partial charge in [0.1, 0.15) is 23.5 Å². The Balaban J connectivity index is 1.17. The number of aromatic nitrogens is 5. The molecule has 0 aliphatic heterocycles. The van der Waals surface area contributed by atoms with Crippen LogP contribution in [0.4, 0.5) is 0 Å². The molecular formula is C55H31N7. The number of fused-ring (bicyclic) bond motifs is 6. The first-order chi connectivity index (χ1) is 30.6. The van der Waals surface area contributed by atoms with Gasteiger partial charge in [-0.25, -0.2) is 24.9 Å². The Bertz CT molecular complexity index is 3400. The zero-order chi connectivity index (χ0) is 41.6. The largest absolute Gasteiger partial charge is 0.248 e. The first-order valence-corrected chi connectivity index (χ1v) is 20.2. The van der Waals surface area contributed by atoms with Crippen molar-refractivity contribution in [3.05, 3.63) is 199 Å². The molecule has 0 amide bonds. The van der Waals surface area contributed by atoms with Crippen molar-refractivity contribution in [3.63, 3.8) is 0 Å². The zero-order valence-corrected chi connectivity index (χ0v) is 33.0. The van der Waals surface area contributed by atoms with Crippen LogP contribution in [-0.4, -0.2) is 24.9 Å². The second-order valence-corrected chi connectivity index (χ2v) is 15.0. The van der Waals surface area contributed by atoms with Gasteiger partial charge >= 0.3 is 0 Å². The van der Waals surface area contributed by atoms with E-state index in [-0.39, 0.29) is 0 Å². The molecule has 0 bridgehead atoms. The van der Waals surface area contributed by atoms with E-state index in [0.717, 1.165) is 88.8 Å². The second-order valence-electron chi connectivity index (χ2n) is 15.0. The van der Waals surface area contributed by atoms with Gasteiger partial charge in [-0.15, -0.1) is 0 Å². The van der Waals surface area contributed by atoms with E-state index in [9.17, 15) is 10.5 Å². The zero-order valence-electron chi connectivity index (χ0n) is 33.0. The Morgan fingerprint density at radius 1 is 0.274 bits per heavy atom. The minimum atomic E-state index is 0.316. The molecule has 5 heterocycles. The molecule has 0 aliphatic carbocycles. The summed E-state index contributed by atoms with van der Waals surface area (Å²) in [6.07, 6.45) is 0. The Morgan fingerprint density at radius 2 is 0.613 bits per heavy atom. The van der Waals surface area contributed by atoms with Crippen molar-refractivity contribution >= 4 is 43.6 Å². The molecule has 0 fully saturated rings. The van der Waals surface area contributed by atoms with E-state index >= 15 is 0 Å². The highest BCUT2D eigenvalue weighted by Crippen LogP contribution is 2.41. The third-order valence-corrected chi connectivity index (χ3v) is 11.4. The lowest BCUT2D eigenvalue weighted by Gasteiger charge is -2.16. The van der Waals surface area contributed by atoms with Crippen LogP contribution < -0.4 is 0 Å². The number of rotatable bonds is 6. The molecule has 6 aromatic carbocycles. The molecule has 11 rings (SSSR count). The fourth-order valence-corrected chi connectivity index (χ4v) is 8.45. The molecule has 7 heteroatoms. The molecule has 62 heavy (non-hydrogen) atoms. The van der Waals surface area contributed by atoms with Crippen LogP contribution in [0.1, 0.15) is 11.4 Å². The number of benzene rings is 6. The van der Waals surface area contributed by atoms with Gasteiger partial charge in [0.05, 0.1) is 44.8 Å². The van der Waals surface area contributed by atoms with Crippen LogP contribution in [0.2, 0.25) is 0 Å². The minimum absolute atomic E-state index is 0.316. The van der Waals surface area contributed by atoms with E-state index in [4.69, 9.17) is 24.9 Å². The van der Waals surface area contributed by atoms with Crippen LogP contribution in [0.15, 0.2) is 188 Å². The van der Waals surface area contributed by atoms with Crippen molar-refractivity contribution in [3.8, 4) is 79.4 Å². The summed E-state index contributed by atoms with van der Waals surface area (Å²) in [5.74, 6) is 0. The maximum absolute atomic E-state index is 10.2. The Morgan fingerprint density at radius 3 is 0.984 bits per heavy atom. The van der Waals surface area contributed by atoms with E-state index in [1.54, 1.807) is 0 Å². The van der Waals surface area contributed by atoms with Gasteiger partial charge < -0.3 is 0 Å². The predicted molar refractivity (Wildman–Crippen MR) is 247 cm³/mol. The Kier molecular flexibility index (Phi) is 8.78. The van der Waals surface area contributed by atoms with Crippen LogP contribution in [0.3, 0.4) is 0 Å². The van der Waals surface area contributed by atoms with Crippen molar-refractivity contribution in [2.24, 2.45) is 0 Å². The van der Waals surface area contributed by atoms with Crippen LogP contribution in [0.25, 0.3) is 111 Å². The van der Waals surface area contributed by atoms with Gasteiger partial charge in [0.2, 0.25) is 0 Å². The Hall–Kier alpha value is -8.91. The molecule has 5 aromatic heterocycles. The molecule has 11 aromatic rings. The highest BCUT2D eigenvalue weighted by molar-refractivity contribution is 6.14. The molecule has 0 unspecified atom stereocenters.